The minimum Gasteiger partial charge on any atom is -0.396 e. The van der Waals surface area contributed by atoms with E-state index in [1.54, 1.807) is 0 Å². The molecule has 3 nitrogen and oxygen atoms in total. The maximum Gasteiger partial charge on any atom is 0.224 e. The molecule has 1 atom stereocenters. The maximum absolute atomic E-state index is 11.7. The predicted octanol–water partition coefficient (Wildman–Crippen LogP) is 2.11. The molecule has 0 radical (unpaired) electrons. The minimum absolute atomic E-state index is 0.0199. The molecule has 0 aliphatic carbocycles. The van der Waals surface area contributed by atoms with Gasteiger partial charge in [-0.2, -0.15) is 0 Å². The molecule has 1 aromatic rings. The Balaban J connectivity index is 2.46. The van der Waals surface area contributed by atoms with Gasteiger partial charge in [-0.25, -0.2) is 0 Å². The van der Waals surface area contributed by atoms with Gasteiger partial charge in [0.2, 0.25) is 5.91 Å². The van der Waals surface area contributed by atoms with E-state index in [0.29, 0.717) is 12.8 Å². The monoisotopic (exact) mass is 347 g/mol. The van der Waals surface area contributed by atoms with E-state index in [2.05, 4.69) is 27.9 Å². The molecule has 0 unspecified atom stereocenters. The number of hydrogen-bond donors (Lipinski definition) is 2. The van der Waals surface area contributed by atoms with Gasteiger partial charge in [0.25, 0.3) is 0 Å². The predicted molar refractivity (Wildman–Crippen MR) is 76.8 cm³/mol. The molecule has 0 aliphatic rings. The number of aliphatic hydroxyl groups is 1. The third-order valence-corrected chi connectivity index (χ3v) is 3.33. The summed E-state index contributed by atoms with van der Waals surface area (Å²) in [5.74, 6) is 0.0199. The van der Waals surface area contributed by atoms with Crippen LogP contribution in [0.1, 0.15) is 25.3 Å². The van der Waals surface area contributed by atoms with Crippen LogP contribution in [0.2, 0.25) is 0 Å². The van der Waals surface area contributed by atoms with Crippen LogP contribution in [0.3, 0.4) is 0 Å². The van der Waals surface area contributed by atoms with Gasteiger partial charge in [0.1, 0.15) is 0 Å². The van der Waals surface area contributed by atoms with Crippen LogP contribution in [0, 0.1) is 3.57 Å². The standard InChI is InChI=1S/C13H18INO2/c1-2-12(7-8-16)15-13(17)9-10-3-5-11(14)6-4-10/h3-6,12,16H,2,7-9H2,1H3,(H,15,17)/t12-/m1/s1. The van der Waals surface area contributed by atoms with Gasteiger partial charge >= 0.3 is 0 Å². The van der Waals surface area contributed by atoms with E-state index < -0.39 is 0 Å². The van der Waals surface area contributed by atoms with Crippen LogP contribution in [0.15, 0.2) is 24.3 Å². The Bertz CT molecular complexity index is 351. The highest BCUT2D eigenvalue weighted by molar-refractivity contribution is 14.1. The first-order valence-electron chi connectivity index (χ1n) is 5.80. The summed E-state index contributed by atoms with van der Waals surface area (Å²) in [6.45, 7) is 2.12. The lowest BCUT2D eigenvalue weighted by atomic mass is 10.1. The van der Waals surface area contributed by atoms with Crippen molar-refractivity contribution in [3.63, 3.8) is 0 Å². The van der Waals surface area contributed by atoms with E-state index in [9.17, 15) is 4.79 Å². The Morgan fingerprint density at radius 1 is 1.41 bits per heavy atom. The molecule has 0 saturated heterocycles. The van der Waals surface area contributed by atoms with Crippen molar-refractivity contribution >= 4 is 28.5 Å². The Labute approximate surface area is 116 Å². The molecule has 1 rings (SSSR count). The third-order valence-electron chi connectivity index (χ3n) is 2.61. The number of carbonyl (C=O) groups is 1. The van der Waals surface area contributed by atoms with Crippen LogP contribution in [-0.2, 0) is 11.2 Å². The van der Waals surface area contributed by atoms with Gasteiger partial charge in [0, 0.05) is 16.2 Å². The summed E-state index contributed by atoms with van der Waals surface area (Å²) in [4.78, 5) is 11.7. The van der Waals surface area contributed by atoms with Gasteiger partial charge < -0.3 is 10.4 Å². The number of benzene rings is 1. The molecule has 2 N–H and O–H groups in total. The molecule has 0 saturated carbocycles. The zero-order valence-corrected chi connectivity index (χ0v) is 12.1. The Morgan fingerprint density at radius 2 is 2.06 bits per heavy atom. The average molecular weight is 347 g/mol. The molecule has 0 aliphatic heterocycles. The van der Waals surface area contributed by atoms with Crippen molar-refractivity contribution in [3.05, 3.63) is 33.4 Å². The molecule has 1 amide bonds. The molecule has 4 heteroatoms. The zero-order chi connectivity index (χ0) is 12.7. The quantitative estimate of drug-likeness (QED) is 0.775. The Hall–Kier alpha value is -0.620. The number of halogens is 1. The molecule has 0 heterocycles. The lowest BCUT2D eigenvalue weighted by Gasteiger charge is -2.15. The average Bonchev–Trinajstić information content (AvgIpc) is 2.31. The molecule has 0 spiro atoms. The second-order valence-electron chi connectivity index (χ2n) is 3.99. The van der Waals surface area contributed by atoms with E-state index in [1.807, 2.05) is 31.2 Å². The van der Waals surface area contributed by atoms with E-state index >= 15 is 0 Å². The Kier molecular flexibility index (Phi) is 6.50. The van der Waals surface area contributed by atoms with Gasteiger partial charge in [0.15, 0.2) is 0 Å². The first-order chi connectivity index (χ1) is 8.15. The fourth-order valence-electron chi connectivity index (χ4n) is 1.60. The zero-order valence-electron chi connectivity index (χ0n) is 9.95. The molecule has 94 valence electrons. The number of aliphatic hydroxyl groups excluding tert-OH is 1. The number of hydrogen-bond acceptors (Lipinski definition) is 2. The second-order valence-corrected chi connectivity index (χ2v) is 5.23. The second kappa shape index (κ2) is 7.66. The summed E-state index contributed by atoms with van der Waals surface area (Å²) < 4.78 is 1.17. The summed E-state index contributed by atoms with van der Waals surface area (Å²) in [6.07, 6.45) is 1.87. The molecule has 0 aromatic heterocycles. The van der Waals surface area contributed by atoms with E-state index in [0.717, 1.165) is 12.0 Å². The lowest BCUT2D eigenvalue weighted by molar-refractivity contribution is -0.121. The third kappa shape index (κ3) is 5.50. The van der Waals surface area contributed by atoms with Crippen LogP contribution in [0.5, 0.6) is 0 Å². The molecule has 17 heavy (non-hydrogen) atoms. The lowest BCUT2D eigenvalue weighted by Crippen LogP contribution is -2.36. The van der Waals surface area contributed by atoms with Gasteiger partial charge in [-0.3, -0.25) is 4.79 Å². The molecular weight excluding hydrogens is 329 g/mol. The summed E-state index contributed by atoms with van der Waals surface area (Å²) in [6, 6.07) is 8.00. The van der Waals surface area contributed by atoms with Crippen molar-refractivity contribution in [1.29, 1.82) is 0 Å². The van der Waals surface area contributed by atoms with Gasteiger partial charge in [-0.05, 0) is 53.1 Å². The first-order valence-corrected chi connectivity index (χ1v) is 6.88. The number of nitrogens with one attached hydrogen (secondary N) is 1. The minimum atomic E-state index is 0.0199. The maximum atomic E-state index is 11.7. The van der Waals surface area contributed by atoms with Crippen molar-refractivity contribution in [2.45, 2.75) is 32.2 Å². The fraction of sp³-hybridized carbons (Fsp3) is 0.462. The van der Waals surface area contributed by atoms with Crippen LogP contribution in [0.25, 0.3) is 0 Å². The largest absolute Gasteiger partial charge is 0.396 e. The van der Waals surface area contributed by atoms with Crippen LogP contribution < -0.4 is 5.32 Å². The highest BCUT2D eigenvalue weighted by atomic mass is 127. The topological polar surface area (TPSA) is 49.3 Å². The summed E-state index contributed by atoms with van der Waals surface area (Å²) in [5, 5.41) is 11.8. The normalized spacial score (nSPS) is 12.2. The molecular formula is C13H18INO2. The van der Waals surface area contributed by atoms with E-state index in [1.165, 1.54) is 3.57 Å². The van der Waals surface area contributed by atoms with Gasteiger partial charge in [-0.15, -0.1) is 0 Å². The summed E-state index contributed by atoms with van der Waals surface area (Å²) >= 11 is 2.24. The number of carbonyl (C=O) groups excluding carboxylic acids is 1. The van der Waals surface area contributed by atoms with Crippen molar-refractivity contribution in [2.24, 2.45) is 0 Å². The highest BCUT2D eigenvalue weighted by Gasteiger charge is 2.10. The van der Waals surface area contributed by atoms with Crippen LogP contribution in [-0.4, -0.2) is 23.7 Å². The SMILES string of the molecule is CC[C@H](CCO)NC(=O)Cc1ccc(I)cc1. The smallest absolute Gasteiger partial charge is 0.224 e. The number of rotatable bonds is 6. The Morgan fingerprint density at radius 3 is 2.59 bits per heavy atom. The van der Waals surface area contributed by atoms with Crippen LogP contribution in [0.4, 0.5) is 0 Å². The van der Waals surface area contributed by atoms with Crippen molar-refractivity contribution < 1.29 is 9.90 Å². The van der Waals surface area contributed by atoms with E-state index in [4.69, 9.17) is 5.11 Å². The highest BCUT2D eigenvalue weighted by Crippen LogP contribution is 2.07. The summed E-state index contributed by atoms with van der Waals surface area (Å²) in [7, 11) is 0. The molecule has 1 aromatic carbocycles. The molecule has 0 fully saturated rings. The van der Waals surface area contributed by atoms with Crippen molar-refractivity contribution in [1.82, 2.24) is 5.32 Å². The first kappa shape index (κ1) is 14.4. The van der Waals surface area contributed by atoms with Crippen LogP contribution >= 0.6 is 22.6 Å². The van der Waals surface area contributed by atoms with Gasteiger partial charge in [0.05, 0.1) is 6.42 Å². The number of amides is 1. The van der Waals surface area contributed by atoms with Crippen molar-refractivity contribution in [2.75, 3.05) is 6.61 Å². The van der Waals surface area contributed by atoms with Crippen molar-refractivity contribution in [3.8, 4) is 0 Å². The van der Waals surface area contributed by atoms with E-state index in [-0.39, 0.29) is 18.6 Å². The molecule has 0 bridgehead atoms. The van der Waals surface area contributed by atoms with Gasteiger partial charge in [-0.1, -0.05) is 19.1 Å². The summed E-state index contributed by atoms with van der Waals surface area (Å²) in [5.41, 5.74) is 1.02. The fourth-order valence-corrected chi connectivity index (χ4v) is 1.96.